The van der Waals surface area contributed by atoms with Gasteiger partial charge in [0.05, 0.1) is 5.54 Å². The van der Waals surface area contributed by atoms with Gasteiger partial charge in [-0.25, -0.2) is 22.7 Å². The first-order valence-corrected chi connectivity index (χ1v) is 11.4. The second-order valence-corrected chi connectivity index (χ2v) is 9.75. The molecule has 0 radical (unpaired) electrons. The predicted octanol–water partition coefficient (Wildman–Crippen LogP) is 2.77. The van der Waals surface area contributed by atoms with Gasteiger partial charge in [-0.3, -0.25) is 4.90 Å². The predicted molar refractivity (Wildman–Crippen MR) is 108 cm³/mol. The quantitative estimate of drug-likeness (QED) is 0.694. The Kier molecular flexibility index (Phi) is 4.80. The van der Waals surface area contributed by atoms with Crippen LogP contribution >= 0.6 is 0 Å². The molecule has 1 unspecified atom stereocenters. The Hall–Kier alpha value is -2.55. The Labute approximate surface area is 170 Å². The lowest BCUT2D eigenvalue weighted by molar-refractivity contribution is 0.0430. The molecule has 0 aromatic heterocycles. The third kappa shape index (κ3) is 3.71. The number of rotatable bonds is 4. The van der Waals surface area contributed by atoms with Crippen LogP contribution in [0.15, 0.2) is 17.6 Å². The third-order valence-corrected chi connectivity index (χ3v) is 7.21. The van der Waals surface area contributed by atoms with Crippen LogP contribution in [-0.2, 0) is 35.7 Å². The number of carbonyl (C=O) groups excluding carboxylic acids is 1. The van der Waals surface area contributed by atoms with E-state index in [9.17, 15) is 18.0 Å². The summed E-state index contributed by atoms with van der Waals surface area (Å²) in [6, 6.07) is 1.44. The second-order valence-electron chi connectivity index (χ2n) is 8.18. The summed E-state index contributed by atoms with van der Waals surface area (Å²) in [5, 5.41) is 12.8. The van der Waals surface area contributed by atoms with E-state index >= 15 is 0 Å². The molecule has 3 N–H and O–H groups in total. The fourth-order valence-electron chi connectivity index (χ4n) is 4.57. The van der Waals surface area contributed by atoms with Gasteiger partial charge in [-0.15, -0.1) is 0 Å². The molecule has 0 spiro atoms. The summed E-state index contributed by atoms with van der Waals surface area (Å²) in [5.41, 5.74) is 4.62. The summed E-state index contributed by atoms with van der Waals surface area (Å²) >= 11 is 0. The molecule has 1 aromatic rings. The highest BCUT2D eigenvalue weighted by Crippen LogP contribution is 2.38. The molecular formula is C20H25N3O5S. The second kappa shape index (κ2) is 7.05. The molecule has 2 aliphatic carbocycles. The minimum atomic E-state index is -4.05. The smallest absolute Gasteiger partial charge is 0.407 e. The fourth-order valence-corrected chi connectivity index (χ4v) is 5.42. The molecule has 0 bridgehead atoms. The lowest BCUT2D eigenvalue weighted by atomic mass is 9.87. The number of hydrogen-bond donors (Lipinski definition) is 3. The van der Waals surface area contributed by atoms with Crippen LogP contribution in [0.1, 0.15) is 48.4 Å². The van der Waals surface area contributed by atoms with Gasteiger partial charge in [0.1, 0.15) is 0 Å². The fraction of sp³-hybridized carbons (Fsp3) is 0.500. The highest BCUT2D eigenvalue weighted by molar-refractivity contribution is 7.92. The van der Waals surface area contributed by atoms with Crippen LogP contribution in [-0.4, -0.2) is 42.6 Å². The zero-order valence-corrected chi connectivity index (χ0v) is 17.1. The molecule has 156 valence electrons. The van der Waals surface area contributed by atoms with Crippen molar-refractivity contribution < 1.29 is 23.1 Å². The van der Waals surface area contributed by atoms with Crippen LogP contribution < -0.4 is 10.0 Å². The molecule has 1 aliphatic heterocycles. The van der Waals surface area contributed by atoms with Crippen LogP contribution in [0, 0.1) is 0 Å². The number of amides is 3. The van der Waals surface area contributed by atoms with Crippen molar-refractivity contribution in [2.24, 2.45) is 0 Å². The first kappa shape index (κ1) is 19.8. The number of sulfonamides is 1. The van der Waals surface area contributed by atoms with Crippen LogP contribution in [0.4, 0.5) is 15.3 Å². The van der Waals surface area contributed by atoms with Crippen molar-refractivity contribution in [2.75, 3.05) is 11.9 Å². The van der Waals surface area contributed by atoms with Crippen LogP contribution in [0.25, 0.3) is 0 Å². The van der Waals surface area contributed by atoms with E-state index in [1.807, 2.05) is 4.72 Å². The molecule has 0 saturated carbocycles. The number of nitrogens with zero attached hydrogens (tertiary/aromatic N) is 1. The molecule has 1 aromatic carbocycles. The number of urea groups is 1. The van der Waals surface area contributed by atoms with Gasteiger partial charge in [-0.2, -0.15) is 0 Å². The van der Waals surface area contributed by atoms with Gasteiger partial charge in [0, 0.05) is 17.6 Å². The maximum absolute atomic E-state index is 12.5. The lowest BCUT2D eigenvalue weighted by Gasteiger charge is -2.46. The first-order valence-electron chi connectivity index (χ1n) is 9.89. The number of carboxylic acid groups (broad SMARTS) is 1. The lowest BCUT2D eigenvalue weighted by Crippen LogP contribution is -2.58. The molecule has 1 atom stereocenters. The van der Waals surface area contributed by atoms with Crippen molar-refractivity contribution >= 4 is 27.8 Å². The summed E-state index contributed by atoms with van der Waals surface area (Å²) in [6.07, 6.45) is 6.55. The van der Waals surface area contributed by atoms with Gasteiger partial charge < -0.3 is 10.4 Å². The molecule has 1 saturated heterocycles. The number of carbonyl (C=O) groups is 2. The van der Waals surface area contributed by atoms with Gasteiger partial charge in [0.2, 0.25) is 0 Å². The molecular weight excluding hydrogens is 394 g/mol. The molecule has 4 rings (SSSR count). The number of benzene rings is 1. The normalized spacial score (nSPS) is 22.9. The minimum absolute atomic E-state index is 0.356. The summed E-state index contributed by atoms with van der Waals surface area (Å²) in [4.78, 5) is 24.8. The van der Waals surface area contributed by atoms with Crippen molar-refractivity contribution in [3.63, 3.8) is 0 Å². The molecule has 3 aliphatic rings. The Morgan fingerprint density at radius 1 is 1.14 bits per heavy atom. The van der Waals surface area contributed by atoms with Crippen molar-refractivity contribution in [1.29, 1.82) is 0 Å². The van der Waals surface area contributed by atoms with E-state index in [0.717, 1.165) is 65.6 Å². The minimum Gasteiger partial charge on any atom is -0.465 e. The summed E-state index contributed by atoms with van der Waals surface area (Å²) < 4.78 is 26.7. The van der Waals surface area contributed by atoms with Gasteiger partial charge in [0.25, 0.3) is 10.0 Å². The average molecular weight is 420 g/mol. The molecule has 29 heavy (non-hydrogen) atoms. The van der Waals surface area contributed by atoms with E-state index in [4.69, 9.17) is 5.11 Å². The Morgan fingerprint density at radius 3 is 2.28 bits per heavy atom. The van der Waals surface area contributed by atoms with E-state index in [1.165, 1.54) is 17.2 Å². The average Bonchev–Trinajstić information content (AvgIpc) is 3.26. The highest BCUT2D eigenvalue weighted by Gasteiger charge is 2.42. The number of nitrogens with one attached hydrogen (secondary N) is 2. The standard InChI is InChI=1S/C20H25N3O5S/c1-20(8-10-23(20)19(25)26)9-11-29(27,28)22-18(24)21-17-15-6-2-4-13(15)12-14-5-3-7-16(14)17/h9,11-12H,2-8,10H2,1H3,(H,25,26)(H2,21,22,24)/b11-9+. The van der Waals surface area contributed by atoms with Gasteiger partial charge in [-0.1, -0.05) is 6.07 Å². The highest BCUT2D eigenvalue weighted by atomic mass is 32.2. The van der Waals surface area contributed by atoms with Crippen molar-refractivity contribution in [3.05, 3.63) is 39.8 Å². The number of hydrogen-bond acceptors (Lipinski definition) is 4. The number of fused-ring (bicyclic) bond motifs is 2. The van der Waals surface area contributed by atoms with Gasteiger partial charge in [-0.05, 0) is 80.2 Å². The summed E-state index contributed by atoms with van der Waals surface area (Å²) in [7, 11) is -4.05. The number of anilines is 1. The topological polar surface area (TPSA) is 116 Å². The Morgan fingerprint density at radius 2 is 1.76 bits per heavy atom. The molecule has 1 fully saturated rings. The van der Waals surface area contributed by atoms with E-state index in [2.05, 4.69) is 11.4 Å². The van der Waals surface area contributed by atoms with Crippen molar-refractivity contribution in [3.8, 4) is 0 Å². The maximum Gasteiger partial charge on any atom is 0.407 e. The third-order valence-electron chi connectivity index (χ3n) is 6.24. The largest absolute Gasteiger partial charge is 0.465 e. The Balaban J connectivity index is 1.48. The zero-order valence-electron chi connectivity index (χ0n) is 16.3. The molecule has 8 nitrogen and oxygen atoms in total. The van der Waals surface area contributed by atoms with E-state index in [-0.39, 0.29) is 0 Å². The molecule has 1 heterocycles. The van der Waals surface area contributed by atoms with Crippen molar-refractivity contribution in [2.45, 2.75) is 57.4 Å². The van der Waals surface area contributed by atoms with E-state index in [1.54, 1.807) is 6.92 Å². The van der Waals surface area contributed by atoms with Gasteiger partial charge in [0.15, 0.2) is 0 Å². The van der Waals surface area contributed by atoms with Crippen LogP contribution in [0.2, 0.25) is 0 Å². The monoisotopic (exact) mass is 419 g/mol. The summed E-state index contributed by atoms with van der Waals surface area (Å²) in [6.45, 7) is 2.00. The SMILES string of the molecule is CC1(/C=C/S(=O)(=O)NC(=O)Nc2c3c(cc4c2CCC4)CCC3)CCN1C(=O)O. The summed E-state index contributed by atoms with van der Waals surface area (Å²) in [5.74, 6) is 0. The van der Waals surface area contributed by atoms with E-state index in [0.29, 0.717) is 13.0 Å². The molecule has 9 heteroatoms. The van der Waals surface area contributed by atoms with E-state index < -0.39 is 27.7 Å². The van der Waals surface area contributed by atoms with Gasteiger partial charge >= 0.3 is 12.1 Å². The van der Waals surface area contributed by atoms with Crippen molar-refractivity contribution in [1.82, 2.24) is 9.62 Å². The van der Waals surface area contributed by atoms with Crippen LogP contribution in [0.5, 0.6) is 0 Å². The molecule has 3 amide bonds. The maximum atomic E-state index is 12.5. The number of aryl methyl sites for hydroxylation is 2. The number of likely N-dealkylation sites (tertiary alicyclic amines) is 1. The van der Waals surface area contributed by atoms with Crippen LogP contribution in [0.3, 0.4) is 0 Å². The first-order chi connectivity index (χ1) is 13.7. The Bertz CT molecular complexity index is 985. The zero-order chi connectivity index (χ0) is 20.8.